The third kappa shape index (κ3) is 5.16. The van der Waals surface area contributed by atoms with Crippen molar-refractivity contribution in [3.63, 3.8) is 0 Å². The molecular weight excluding hydrogens is 506 g/mol. The Hall–Kier alpha value is -3.60. The molecule has 0 fully saturated rings. The third-order valence-electron chi connectivity index (χ3n) is 9.75. The Morgan fingerprint density at radius 1 is 0.610 bits per heavy atom. The van der Waals surface area contributed by atoms with Crippen molar-refractivity contribution in [2.45, 2.75) is 103 Å². The molecule has 0 unspecified atom stereocenters. The summed E-state index contributed by atoms with van der Waals surface area (Å²) in [4.78, 5) is 26.8. The van der Waals surface area contributed by atoms with Crippen LogP contribution in [0.25, 0.3) is 0 Å². The summed E-state index contributed by atoms with van der Waals surface area (Å²) in [6.45, 7) is 18.6. The van der Waals surface area contributed by atoms with Crippen LogP contribution in [-0.4, -0.2) is 11.8 Å². The Kier molecular flexibility index (Phi) is 6.88. The van der Waals surface area contributed by atoms with E-state index >= 15 is 0 Å². The number of carbonyl (C=O) groups excluding carboxylic acids is 2. The van der Waals surface area contributed by atoms with Crippen molar-refractivity contribution in [3.05, 3.63) is 88.0 Å². The lowest BCUT2D eigenvalue weighted by atomic mass is 9.56. The van der Waals surface area contributed by atoms with Gasteiger partial charge in [0.1, 0.15) is 0 Å². The fraction of sp³-hybridized carbons (Fsp3) is 0.444. The van der Waals surface area contributed by atoms with E-state index < -0.39 is 0 Å². The van der Waals surface area contributed by atoms with Crippen LogP contribution in [0.5, 0.6) is 0 Å². The van der Waals surface area contributed by atoms with E-state index in [-0.39, 0.29) is 33.5 Å². The summed E-state index contributed by atoms with van der Waals surface area (Å²) in [6.07, 6.45) is 4.35. The van der Waals surface area contributed by atoms with Crippen LogP contribution in [0.15, 0.2) is 54.6 Å². The molecule has 0 spiro atoms. The van der Waals surface area contributed by atoms with Gasteiger partial charge in [-0.15, -0.1) is 0 Å². The molecule has 0 heterocycles. The molecule has 2 aliphatic rings. The molecule has 2 aliphatic carbocycles. The highest BCUT2D eigenvalue weighted by Gasteiger charge is 2.46. The zero-order chi connectivity index (χ0) is 30.0. The molecule has 0 atom stereocenters. The van der Waals surface area contributed by atoms with E-state index in [4.69, 9.17) is 5.73 Å². The van der Waals surface area contributed by atoms with Gasteiger partial charge in [-0.25, -0.2) is 0 Å². The zero-order valence-corrected chi connectivity index (χ0v) is 25.9. The maximum absolute atomic E-state index is 13.9. The van der Waals surface area contributed by atoms with Gasteiger partial charge >= 0.3 is 0 Å². The Morgan fingerprint density at radius 2 is 1.02 bits per heavy atom. The van der Waals surface area contributed by atoms with Gasteiger partial charge in [0.2, 0.25) is 0 Å². The van der Waals surface area contributed by atoms with E-state index in [9.17, 15) is 9.59 Å². The summed E-state index contributed by atoms with van der Waals surface area (Å²) in [5.41, 5.74) is 14.2. The summed E-state index contributed by atoms with van der Waals surface area (Å²) in [6, 6.07) is 16.5. The number of rotatable bonds is 4. The largest absolute Gasteiger partial charge is 0.397 e. The van der Waals surface area contributed by atoms with Crippen molar-refractivity contribution in [2.75, 3.05) is 16.4 Å². The first kappa shape index (κ1) is 28.9. The fourth-order valence-electron chi connectivity index (χ4n) is 6.81. The number of hydrogen-bond acceptors (Lipinski definition) is 3. The molecule has 3 aromatic rings. The van der Waals surface area contributed by atoms with Gasteiger partial charge in [0.05, 0.1) is 11.4 Å². The second-order valence-electron chi connectivity index (χ2n) is 14.7. The summed E-state index contributed by atoms with van der Waals surface area (Å²) in [5.74, 6) is -0.424. The summed E-state index contributed by atoms with van der Waals surface area (Å²) in [5, 5.41) is 6.29. The highest BCUT2D eigenvalue weighted by atomic mass is 16.2. The molecule has 0 aromatic heterocycles. The van der Waals surface area contributed by atoms with E-state index in [1.165, 1.54) is 22.3 Å². The highest BCUT2D eigenvalue weighted by molar-refractivity contribution is 6.08. The molecule has 5 nitrogen and oxygen atoms in total. The fourth-order valence-corrected chi connectivity index (χ4v) is 6.81. The first-order valence-corrected chi connectivity index (χ1v) is 14.8. The molecule has 41 heavy (non-hydrogen) atoms. The van der Waals surface area contributed by atoms with Gasteiger partial charge in [-0.3, -0.25) is 9.59 Å². The quantitative estimate of drug-likeness (QED) is 0.284. The molecule has 2 amide bonds. The van der Waals surface area contributed by atoms with Gasteiger partial charge in [0.15, 0.2) is 0 Å². The van der Waals surface area contributed by atoms with Gasteiger partial charge < -0.3 is 16.4 Å². The number of amides is 2. The van der Waals surface area contributed by atoms with Crippen LogP contribution in [-0.2, 0) is 21.7 Å². The maximum Gasteiger partial charge on any atom is 0.255 e. The number of benzene rings is 3. The molecule has 216 valence electrons. The Morgan fingerprint density at radius 3 is 1.49 bits per heavy atom. The van der Waals surface area contributed by atoms with Crippen LogP contribution < -0.4 is 16.4 Å². The Bertz CT molecular complexity index is 1470. The van der Waals surface area contributed by atoms with E-state index in [0.29, 0.717) is 22.5 Å². The standard InChI is InChI=1S/C36H45N3O2/c1-33(2)17-19-35(5,6)28-24(33)21-25-29(36(7,8)20-18-34(25,3)4)30(28)39-32(41)23-15-13-22(14-16-23)31(40)38-27-12-10-9-11-26(27)37/h9-16,21H,17-20,37H2,1-8H3,(H,38,40)(H,39,41). The molecule has 0 saturated carbocycles. The topological polar surface area (TPSA) is 84.2 Å². The maximum atomic E-state index is 13.9. The van der Waals surface area contributed by atoms with Gasteiger partial charge in [-0.1, -0.05) is 73.6 Å². The van der Waals surface area contributed by atoms with E-state index in [1.54, 1.807) is 36.4 Å². The summed E-state index contributed by atoms with van der Waals surface area (Å²) >= 11 is 0. The average Bonchev–Trinajstić information content (AvgIpc) is 2.90. The molecule has 0 saturated heterocycles. The van der Waals surface area contributed by atoms with Crippen molar-refractivity contribution in [1.82, 2.24) is 0 Å². The van der Waals surface area contributed by atoms with Crippen LogP contribution in [0.3, 0.4) is 0 Å². The van der Waals surface area contributed by atoms with Gasteiger partial charge in [-0.2, -0.15) is 0 Å². The predicted octanol–water partition coefficient (Wildman–Crippen LogP) is 8.47. The molecule has 5 heteroatoms. The van der Waals surface area contributed by atoms with Gasteiger partial charge in [0, 0.05) is 16.8 Å². The van der Waals surface area contributed by atoms with Crippen molar-refractivity contribution in [3.8, 4) is 0 Å². The predicted molar refractivity (Wildman–Crippen MR) is 170 cm³/mol. The first-order valence-electron chi connectivity index (χ1n) is 14.8. The van der Waals surface area contributed by atoms with Gasteiger partial charge in [-0.05, 0) is 106 Å². The lowest BCUT2D eigenvalue weighted by molar-refractivity contribution is 0.101. The van der Waals surface area contributed by atoms with Crippen molar-refractivity contribution < 1.29 is 9.59 Å². The van der Waals surface area contributed by atoms with E-state index in [0.717, 1.165) is 31.4 Å². The number of carbonyl (C=O) groups is 2. The van der Waals surface area contributed by atoms with E-state index in [2.05, 4.69) is 72.1 Å². The van der Waals surface area contributed by atoms with Crippen molar-refractivity contribution in [1.29, 1.82) is 0 Å². The van der Waals surface area contributed by atoms with Crippen LogP contribution in [0, 0.1) is 0 Å². The minimum absolute atomic E-state index is 0.0220. The highest BCUT2D eigenvalue weighted by Crippen LogP contribution is 2.56. The number of nitrogen functional groups attached to an aromatic ring is 1. The second kappa shape index (κ2) is 9.75. The minimum Gasteiger partial charge on any atom is -0.397 e. The van der Waals surface area contributed by atoms with Crippen molar-refractivity contribution >= 4 is 28.9 Å². The molecular formula is C36H45N3O2. The molecule has 5 rings (SSSR count). The number of nitrogens with two attached hydrogens (primary N) is 1. The minimum atomic E-state index is -0.269. The Balaban J connectivity index is 1.55. The lowest BCUT2D eigenvalue weighted by Gasteiger charge is -2.49. The normalized spacial score (nSPS) is 19.4. The lowest BCUT2D eigenvalue weighted by Crippen LogP contribution is -2.41. The van der Waals surface area contributed by atoms with E-state index in [1.807, 2.05) is 12.1 Å². The number of anilines is 3. The molecule has 0 aliphatic heterocycles. The number of hydrogen-bond donors (Lipinski definition) is 3. The van der Waals surface area contributed by atoms with Crippen LogP contribution >= 0.6 is 0 Å². The molecule has 3 aromatic carbocycles. The molecule has 0 radical (unpaired) electrons. The number of fused-ring (bicyclic) bond motifs is 2. The van der Waals surface area contributed by atoms with Crippen molar-refractivity contribution in [2.24, 2.45) is 0 Å². The monoisotopic (exact) mass is 551 g/mol. The van der Waals surface area contributed by atoms with Crippen LogP contribution in [0.4, 0.5) is 17.1 Å². The zero-order valence-electron chi connectivity index (χ0n) is 25.9. The number of nitrogens with one attached hydrogen (secondary N) is 2. The van der Waals surface area contributed by atoms with Gasteiger partial charge in [0.25, 0.3) is 11.8 Å². The third-order valence-corrected chi connectivity index (χ3v) is 9.75. The molecule has 4 N–H and O–H groups in total. The van der Waals surface area contributed by atoms with Crippen LogP contribution in [0.2, 0.25) is 0 Å². The summed E-state index contributed by atoms with van der Waals surface area (Å²) < 4.78 is 0. The first-order chi connectivity index (χ1) is 19.0. The number of para-hydroxylation sites is 2. The second-order valence-corrected chi connectivity index (χ2v) is 14.7. The summed E-state index contributed by atoms with van der Waals surface area (Å²) in [7, 11) is 0. The smallest absolute Gasteiger partial charge is 0.255 e. The van der Waals surface area contributed by atoms with Crippen LogP contribution in [0.1, 0.15) is 124 Å². The average molecular weight is 552 g/mol. The SMILES string of the molecule is CC1(C)CCC(C)(C)c2c1cc1c(c2NC(=O)c2ccc(C(=O)Nc3ccccc3N)cc2)C(C)(C)CCC1(C)C. The Labute approximate surface area is 245 Å². The molecule has 0 bridgehead atoms.